The van der Waals surface area contributed by atoms with Gasteiger partial charge in [0, 0.05) is 16.8 Å². The van der Waals surface area contributed by atoms with Crippen molar-refractivity contribution >= 4 is 17.6 Å². The molecule has 4 rings (SSSR count). The number of H-pyrrole nitrogens is 1. The third-order valence-electron chi connectivity index (χ3n) is 5.98. The maximum Gasteiger partial charge on any atom is 0.416 e. The first-order chi connectivity index (χ1) is 16.5. The molecule has 1 aliphatic rings. The quantitative estimate of drug-likeness (QED) is 0.368. The number of ether oxygens (including phenoxy) is 1. The molecule has 2 N–H and O–H groups in total. The lowest BCUT2D eigenvalue weighted by Gasteiger charge is -2.18. The van der Waals surface area contributed by atoms with Gasteiger partial charge in [0.15, 0.2) is 5.82 Å². The summed E-state index contributed by atoms with van der Waals surface area (Å²) in [6.45, 7) is 3.61. The standard InChI is InChI=1S/C23H21F4N5O3/c1-3-12(2)35-20(33)15-6-5-14(11-16(15)19-29-31-32-30-19)28-21(34)22(8-9-22)17-7-4-13(10-18(17)24)23(25,26)27/h4-7,10-12H,3,8-9H2,1-2H3,(H,28,34)(H,29,30,31,32). The Labute approximate surface area is 197 Å². The summed E-state index contributed by atoms with van der Waals surface area (Å²) in [5.41, 5.74) is -1.81. The minimum Gasteiger partial charge on any atom is -0.459 e. The molecule has 0 bridgehead atoms. The number of esters is 1. The third kappa shape index (κ3) is 4.86. The van der Waals surface area contributed by atoms with Gasteiger partial charge in [0.2, 0.25) is 5.91 Å². The Bertz CT molecular complexity index is 1260. The summed E-state index contributed by atoms with van der Waals surface area (Å²) in [5, 5.41) is 16.1. The lowest BCUT2D eigenvalue weighted by Crippen LogP contribution is -2.29. The van der Waals surface area contributed by atoms with Crippen LogP contribution in [0.1, 0.15) is 54.6 Å². The Morgan fingerprint density at radius 3 is 2.51 bits per heavy atom. The van der Waals surface area contributed by atoms with Crippen molar-refractivity contribution in [2.45, 2.75) is 50.8 Å². The molecule has 1 unspecified atom stereocenters. The molecule has 8 nitrogen and oxygen atoms in total. The second-order valence-corrected chi connectivity index (χ2v) is 8.36. The number of aromatic nitrogens is 4. The van der Waals surface area contributed by atoms with E-state index in [1.165, 1.54) is 18.2 Å². The molecule has 184 valence electrons. The van der Waals surface area contributed by atoms with Crippen molar-refractivity contribution < 1.29 is 31.9 Å². The number of carbonyl (C=O) groups excluding carboxylic acids is 2. The molecule has 12 heteroatoms. The molecule has 0 saturated heterocycles. The van der Waals surface area contributed by atoms with E-state index in [4.69, 9.17) is 4.74 Å². The number of anilines is 1. The van der Waals surface area contributed by atoms with Crippen LogP contribution in [0.4, 0.5) is 23.2 Å². The first-order valence-corrected chi connectivity index (χ1v) is 10.8. The highest BCUT2D eigenvalue weighted by molar-refractivity contribution is 6.03. The van der Waals surface area contributed by atoms with Gasteiger partial charge in [-0.15, -0.1) is 5.10 Å². The van der Waals surface area contributed by atoms with Crippen LogP contribution >= 0.6 is 0 Å². The normalized spacial score (nSPS) is 15.4. The number of hydrogen-bond donors (Lipinski definition) is 2. The Morgan fingerprint density at radius 1 is 1.20 bits per heavy atom. The van der Waals surface area contributed by atoms with Crippen molar-refractivity contribution in [2.24, 2.45) is 0 Å². The summed E-state index contributed by atoms with van der Waals surface area (Å²) in [6, 6.07) is 6.54. The molecular formula is C23H21F4N5O3. The van der Waals surface area contributed by atoms with Crippen molar-refractivity contribution in [1.82, 2.24) is 20.6 Å². The number of carbonyl (C=O) groups is 2. The van der Waals surface area contributed by atoms with E-state index in [1.807, 2.05) is 6.92 Å². The predicted molar refractivity (Wildman–Crippen MR) is 116 cm³/mol. The Kier molecular flexibility index (Phi) is 6.30. The highest BCUT2D eigenvalue weighted by Gasteiger charge is 2.53. The van der Waals surface area contributed by atoms with Crippen LogP contribution in [0.3, 0.4) is 0 Å². The van der Waals surface area contributed by atoms with Gasteiger partial charge in [-0.1, -0.05) is 13.0 Å². The zero-order chi connectivity index (χ0) is 25.4. The molecular weight excluding hydrogens is 470 g/mol. The van der Waals surface area contributed by atoms with Crippen LogP contribution in [-0.2, 0) is 21.1 Å². The number of nitrogens with zero attached hydrogens (tertiary/aromatic N) is 3. The SMILES string of the molecule is CCC(C)OC(=O)c1ccc(NC(=O)C2(c3ccc(C(F)(F)F)cc3F)CC2)cc1-c1nnn[nH]1. The fourth-order valence-electron chi connectivity index (χ4n) is 3.67. The van der Waals surface area contributed by atoms with Gasteiger partial charge >= 0.3 is 12.1 Å². The first-order valence-electron chi connectivity index (χ1n) is 10.8. The minimum absolute atomic E-state index is 0.101. The summed E-state index contributed by atoms with van der Waals surface area (Å²) < 4.78 is 58.7. The van der Waals surface area contributed by atoms with Gasteiger partial charge in [0.1, 0.15) is 5.82 Å². The zero-order valence-corrected chi connectivity index (χ0v) is 18.7. The molecule has 3 aromatic rings. The molecule has 1 aromatic heterocycles. The van der Waals surface area contributed by atoms with E-state index in [1.54, 1.807) is 6.92 Å². The van der Waals surface area contributed by atoms with Gasteiger partial charge in [-0.25, -0.2) is 14.3 Å². The van der Waals surface area contributed by atoms with E-state index >= 15 is 0 Å². The second-order valence-electron chi connectivity index (χ2n) is 8.36. The minimum atomic E-state index is -4.69. The van der Waals surface area contributed by atoms with Gasteiger partial charge in [-0.05, 0) is 66.9 Å². The molecule has 1 heterocycles. The van der Waals surface area contributed by atoms with Crippen molar-refractivity contribution in [3.8, 4) is 11.4 Å². The Hall–Kier alpha value is -3.83. The number of tetrazole rings is 1. The van der Waals surface area contributed by atoms with Gasteiger partial charge in [0.25, 0.3) is 0 Å². The Balaban J connectivity index is 1.61. The molecule has 35 heavy (non-hydrogen) atoms. The van der Waals surface area contributed by atoms with Crippen LogP contribution in [0, 0.1) is 5.82 Å². The molecule has 1 aliphatic carbocycles. The van der Waals surface area contributed by atoms with Crippen molar-refractivity contribution in [2.75, 3.05) is 5.32 Å². The summed E-state index contributed by atoms with van der Waals surface area (Å²) >= 11 is 0. The molecule has 1 amide bonds. The number of alkyl halides is 3. The number of amides is 1. The summed E-state index contributed by atoms with van der Waals surface area (Å²) in [7, 11) is 0. The predicted octanol–water partition coefficient (Wildman–Crippen LogP) is 4.65. The summed E-state index contributed by atoms with van der Waals surface area (Å²) in [5.74, 6) is -2.11. The van der Waals surface area contributed by atoms with Crippen molar-refractivity contribution in [3.63, 3.8) is 0 Å². The Morgan fingerprint density at radius 2 is 1.94 bits per heavy atom. The zero-order valence-electron chi connectivity index (χ0n) is 18.7. The van der Waals surface area contributed by atoms with E-state index in [-0.39, 0.29) is 47.1 Å². The molecule has 1 atom stereocenters. The van der Waals surface area contributed by atoms with Crippen molar-refractivity contribution in [3.05, 3.63) is 58.9 Å². The van der Waals surface area contributed by atoms with Crippen LogP contribution in [0.5, 0.6) is 0 Å². The molecule has 0 aliphatic heterocycles. The van der Waals surface area contributed by atoms with E-state index in [0.717, 1.165) is 12.1 Å². The van der Waals surface area contributed by atoms with Crippen LogP contribution in [0.2, 0.25) is 0 Å². The van der Waals surface area contributed by atoms with E-state index in [9.17, 15) is 27.2 Å². The number of rotatable bonds is 7. The number of halogens is 4. The maximum absolute atomic E-state index is 14.6. The maximum atomic E-state index is 14.6. The van der Waals surface area contributed by atoms with Gasteiger partial charge < -0.3 is 10.1 Å². The average molecular weight is 491 g/mol. The fraction of sp³-hybridized carbons (Fsp3) is 0.348. The lowest BCUT2D eigenvalue weighted by atomic mass is 9.93. The smallest absolute Gasteiger partial charge is 0.416 e. The van der Waals surface area contributed by atoms with E-state index in [0.29, 0.717) is 12.5 Å². The average Bonchev–Trinajstić information content (AvgIpc) is 3.43. The van der Waals surface area contributed by atoms with Crippen LogP contribution < -0.4 is 5.32 Å². The number of aromatic amines is 1. The largest absolute Gasteiger partial charge is 0.459 e. The highest BCUT2D eigenvalue weighted by atomic mass is 19.4. The molecule has 1 fully saturated rings. The van der Waals surface area contributed by atoms with Crippen LogP contribution in [0.15, 0.2) is 36.4 Å². The van der Waals surface area contributed by atoms with Crippen molar-refractivity contribution in [1.29, 1.82) is 0 Å². The topological polar surface area (TPSA) is 110 Å². The van der Waals surface area contributed by atoms with Crippen LogP contribution in [0.25, 0.3) is 11.4 Å². The summed E-state index contributed by atoms with van der Waals surface area (Å²) in [6.07, 6.45) is -3.85. The van der Waals surface area contributed by atoms with E-state index < -0.39 is 34.8 Å². The summed E-state index contributed by atoms with van der Waals surface area (Å²) in [4.78, 5) is 25.7. The van der Waals surface area contributed by atoms with Gasteiger partial charge in [-0.3, -0.25) is 4.79 Å². The van der Waals surface area contributed by atoms with Crippen LogP contribution in [-0.4, -0.2) is 38.6 Å². The van der Waals surface area contributed by atoms with E-state index in [2.05, 4.69) is 25.9 Å². The number of hydrogen-bond acceptors (Lipinski definition) is 6. The molecule has 2 aromatic carbocycles. The molecule has 0 radical (unpaired) electrons. The first kappa shape index (κ1) is 24.3. The highest BCUT2D eigenvalue weighted by Crippen LogP contribution is 2.50. The second kappa shape index (κ2) is 9.08. The number of benzene rings is 2. The number of nitrogens with one attached hydrogen (secondary N) is 2. The lowest BCUT2D eigenvalue weighted by molar-refractivity contribution is -0.137. The molecule has 1 saturated carbocycles. The fourth-order valence-corrected chi connectivity index (χ4v) is 3.67. The monoisotopic (exact) mass is 491 g/mol. The molecule has 0 spiro atoms. The third-order valence-corrected chi connectivity index (χ3v) is 5.98. The van der Waals surface area contributed by atoms with Gasteiger partial charge in [-0.2, -0.15) is 13.2 Å². The van der Waals surface area contributed by atoms with Gasteiger partial charge in [0.05, 0.1) is 22.6 Å².